The van der Waals surface area contributed by atoms with Gasteiger partial charge in [-0.15, -0.1) is 11.3 Å². The SMILES string of the molecule is COC(=S)Nc1cc(-c2cc3ccccc3s2)c2[nH]ncc2c1. The van der Waals surface area contributed by atoms with Crippen molar-refractivity contribution in [2.75, 3.05) is 12.4 Å². The summed E-state index contributed by atoms with van der Waals surface area (Å²) in [5.74, 6) is 0. The Hall–Kier alpha value is -2.44. The standard InChI is InChI=1S/C17H13N3OS2/c1-21-17(22)19-12-6-11-9-18-20-16(11)13(8-12)15-7-10-4-2-3-5-14(10)23-15/h2-9H,1H3,(H,18,20)(H,19,22). The molecule has 4 nitrogen and oxygen atoms in total. The Morgan fingerprint density at radius 1 is 1.22 bits per heavy atom. The van der Waals surface area contributed by atoms with Crippen LogP contribution < -0.4 is 5.32 Å². The second kappa shape index (κ2) is 5.64. The maximum atomic E-state index is 5.10. The highest BCUT2D eigenvalue weighted by Gasteiger charge is 2.12. The van der Waals surface area contributed by atoms with E-state index >= 15 is 0 Å². The number of hydrogen-bond donors (Lipinski definition) is 2. The number of ether oxygens (including phenoxy) is 1. The number of aromatic nitrogens is 2. The smallest absolute Gasteiger partial charge is 0.260 e. The van der Waals surface area contributed by atoms with Crippen LogP contribution in [0.25, 0.3) is 31.4 Å². The van der Waals surface area contributed by atoms with Crippen molar-refractivity contribution in [1.29, 1.82) is 0 Å². The molecule has 0 aliphatic rings. The van der Waals surface area contributed by atoms with Crippen LogP contribution in [0.3, 0.4) is 0 Å². The van der Waals surface area contributed by atoms with Gasteiger partial charge in [-0.3, -0.25) is 5.10 Å². The van der Waals surface area contributed by atoms with Crippen LogP contribution in [0.1, 0.15) is 0 Å². The van der Waals surface area contributed by atoms with Crippen LogP contribution >= 0.6 is 23.6 Å². The number of rotatable bonds is 2. The molecule has 2 aromatic heterocycles. The fourth-order valence-corrected chi connectivity index (χ4v) is 3.81. The lowest BCUT2D eigenvalue weighted by atomic mass is 10.1. The Balaban J connectivity index is 1.90. The minimum Gasteiger partial charge on any atom is -0.474 e. The van der Waals surface area contributed by atoms with Gasteiger partial charge in [0, 0.05) is 26.2 Å². The number of fused-ring (bicyclic) bond motifs is 2. The van der Waals surface area contributed by atoms with Gasteiger partial charge in [0.15, 0.2) is 0 Å². The molecule has 0 amide bonds. The molecule has 0 unspecified atom stereocenters. The zero-order valence-electron chi connectivity index (χ0n) is 12.3. The number of thiocarbonyl (C=S) groups is 1. The maximum Gasteiger partial charge on any atom is 0.260 e. The predicted octanol–water partition coefficient (Wildman–Crippen LogP) is 4.79. The molecule has 114 valence electrons. The fraction of sp³-hybridized carbons (Fsp3) is 0.0588. The molecule has 23 heavy (non-hydrogen) atoms. The van der Waals surface area contributed by atoms with Crippen molar-refractivity contribution in [2.24, 2.45) is 0 Å². The topological polar surface area (TPSA) is 49.9 Å². The summed E-state index contributed by atoms with van der Waals surface area (Å²) in [5, 5.41) is 13.0. The number of methoxy groups -OCH3 is 1. The average molecular weight is 339 g/mol. The summed E-state index contributed by atoms with van der Waals surface area (Å²) in [6, 6.07) is 14.6. The van der Waals surface area contributed by atoms with Gasteiger partial charge in [-0.05, 0) is 41.9 Å². The summed E-state index contributed by atoms with van der Waals surface area (Å²) >= 11 is 6.86. The maximum absolute atomic E-state index is 5.10. The quantitative estimate of drug-likeness (QED) is 0.516. The highest BCUT2D eigenvalue weighted by molar-refractivity contribution is 7.80. The number of hydrogen-bond acceptors (Lipinski definition) is 4. The molecule has 4 rings (SSSR count). The zero-order chi connectivity index (χ0) is 15.8. The second-order valence-electron chi connectivity index (χ2n) is 5.12. The van der Waals surface area contributed by atoms with Gasteiger partial charge in [-0.2, -0.15) is 5.10 Å². The lowest BCUT2D eigenvalue weighted by molar-refractivity contribution is 0.413. The van der Waals surface area contributed by atoms with Crippen LogP contribution in [0.4, 0.5) is 5.69 Å². The van der Waals surface area contributed by atoms with Crippen molar-refractivity contribution in [2.45, 2.75) is 0 Å². The second-order valence-corrected chi connectivity index (χ2v) is 6.58. The van der Waals surface area contributed by atoms with E-state index in [-0.39, 0.29) is 0 Å². The summed E-state index contributed by atoms with van der Waals surface area (Å²) in [6.45, 7) is 0. The highest BCUT2D eigenvalue weighted by atomic mass is 32.1. The third-order valence-electron chi connectivity index (χ3n) is 3.67. The van der Waals surface area contributed by atoms with Gasteiger partial charge in [0.05, 0.1) is 18.8 Å². The fourth-order valence-electron chi connectivity index (χ4n) is 2.61. The molecule has 0 saturated heterocycles. The van der Waals surface area contributed by atoms with Gasteiger partial charge in [-0.25, -0.2) is 0 Å². The van der Waals surface area contributed by atoms with Crippen LogP contribution in [-0.2, 0) is 4.74 Å². The van der Waals surface area contributed by atoms with E-state index in [0.29, 0.717) is 5.17 Å². The molecule has 0 aliphatic heterocycles. The first kappa shape index (κ1) is 14.2. The molecule has 2 heterocycles. The molecule has 4 aromatic rings. The minimum absolute atomic E-state index is 0.343. The van der Waals surface area contributed by atoms with Gasteiger partial charge in [0.2, 0.25) is 0 Å². The molecule has 0 saturated carbocycles. The number of aromatic amines is 1. The van der Waals surface area contributed by atoms with Gasteiger partial charge < -0.3 is 10.1 Å². The van der Waals surface area contributed by atoms with Gasteiger partial charge in [-0.1, -0.05) is 18.2 Å². The third-order valence-corrected chi connectivity index (χ3v) is 5.09. The van der Waals surface area contributed by atoms with E-state index in [0.717, 1.165) is 22.2 Å². The minimum atomic E-state index is 0.343. The van der Waals surface area contributed by atoms with Crippen LogP contribution in [0, 0.1) is 0 Å². The zero-order valence-corrected chi connectivity index (χ0v) is 13.9. The van der Waals surface area contributed by atoms with Crippen LogP contribution in [-0.4, -0.2) is 22.5 Å². The molecule has 0 bridgehead atoms. The van der Waals surface area contributed by atoms with Crippen molar-refractivity contribution in [3.63, 3.8) is 0 Å². The summed E-state index contributed by atoms with van der Waals surface area (Å²) in [7, 11) is 1.55. The lowest BCUT2D eigenvalue weighted by Crippen LogP contribution is -2.10. The third kappa shape index (κ3) is 2.56. The molecule has 0 spiro atoms. The van der Waals surface area contributed by atoms with Gasteiger partial charge >= 0.3 is 0 Å². The van der Waals surface area contributed by atoms with Gasteiger partial charge in [0.25, 0.3) is 5.17 Å². The Labute approximate surface area is 142 Å². The number of benzene rings is 2. The summed E-state index contributed by atoms with van der Waals surface area (Å²) in [4.78, 5) is 1.19. The number of nitrogens with one attached hydrogen (secondary N) is 2. The monoisotopic (exact) mass is 339 g/mol. The molecule has 6 heteroatoms. The van der Waals surface area contributed by atoms with E-state index in [1.165, 1.54) is 15.0 Å². The first-order valence-electron chi connectivity index (χ1n) is 7.05. The van der Waals surface area contributed by atoms with Crippen LogP contribution in [0.2, 0.25) is 0 Å². The Morgan fingerprint density at radius 2 is 2.09 bits per heavy atom. The average Bonchev–Trinajstić information content (AvgIpc) is 3.20. The molecule has 0 atom stereocenters. The largest absolute Gasteiger partial charge is 0.474 e. The van der Waals surface area contributed by atoms with E-state index < -0.39 is 0 Å². The Kier molecular flexibility index (Phi) is 3.48. The number of thiophene rings is 1. The van der Waals surface area contributed by atoms with E-state index in [9.17, 15) is 0 Å². The van der Waals surface area contributed by atoms with Crippen molar-refractivity contribution in [1.82, 2.24) is 10.2 Å². The molecule has 0 radical (unpaired) electrons. The van der Waals surface area contributed by atoms with Crippen molar-refractivity contribution in [3.8, 4) is 10.4 Å². The molecule has 2 aromatic carbocycles. The molecular weight excluding hydrogens is 326 g/mol. The lowest BCUT2D eigenvalue weighted by Gasteiger charge is -2.09. The normalized spacial score (nSPS) is 11.0. The predicted molar refractivity (Wildman–Crippen MR) is 100 cm³/mol. The molecule has 0 aliphatic carbocycles. The summed E-state index contributed by atoms with van der Waals surface area (Å²) < 4.78 is 6.31. The Morgan fingerprint density at radius 3 is 2.91 bits per heavy atom. The molecular formula is C17H13N3OS2. The molecule has 2 N–H and O–H groups in total. The number of anilines is 1. The van der Waals surface area contributed by atoms with Crippen LogP contribution in [0.5, 0.6) is 0 Å². The van der Waals surface area contributed by atoms with Crippen molar-refractivity contribution in [3.05, 3.63) is 48.7 Å². The highest BCUT2D eigenvalue weighted by Crippen LogP contribution is 2.38. The van der Waals surface area contributed by atoms with E-state index in [1.807, 2.05) is 12.3 Å². The van der Waals surface area contributed by atoms with E-state index in [1.54, 1.807) is 18.4 Å². The molecule has 0 fully saturated rings. The van der Waals surface area contributed by atoms with Crippen LogP contribution in [0.15, 0.2) is 48.7 Å². The van der Waals surface area contributed by atoms with Gasteiger partial charge in [0.1, 0.15) is 0 Å². The summed E-state index contributed by atoms with van der Waals surface area (Å²) in [5.41, 5.74) is 3.01. The van der Waals surface area contributed by atoms with Crippen molar-refractivity contribution < 1.29 is 4.74 Å². The Bertz CT molecular complexity index is 986. The first-order chi connectivity index (χ1) is 11.2. The number of nitrogens with zero attached hydrogens (tertiary/aromatic N) is 1. The van der Waals surface area contributed by atoms with E-state index in [2.05, 4.69) is 51.9 Å². The first-order valence-corrected chi connectivity index (χ1v) is 8.28. The summed E-state index contributed by atoms with van der Waals surface area (Å²) in [6.07, 6.45) is 1.81. The van der Waals surface area contributed by atoms with Crippen molar-refractivity contribution >= 4 is 55.4 Å². The number of H-pyrrole nitrogens is 1. The van der Waals surface area contributed by atoms with E-state index in [4.69, 9.17) is 17.0 Å².